The van der Waals surface area contributed by atoms with Crippen LogP contribution in [0.25, 0.3) is 0 Å². The van der Waals surface area contributed by atoms with E-state index in [0.717, 1.165) is 25.7 Å². The third-order valence-electron chi connectivity index (χ3n) is 4.67. The summed E-state index contributed by atoms with van der Waals surface area (Å²) in [6.07, 6.45) is 11.6. The van der Waals surface area contributed by atoms with Crippen molar-refractivity contribution < 1.29 is 9.84 Å². The first-order chi connectivity index (χ1) is 7.81. The summed E-state index contributed by atoms with van der Waals surface area (Å²) in [5.74, 6) is 1.15. The van der Waals surface area contributed by atoms with E-state index in [4.69, 9.17) is 4.74 Å². The quantitative estimate of drug-likeness (QED) is 0.801. The van der Waals surface area contributed by atoms with Crippen molar-refractivity contribution in [2.45, 2.75) is 70.0 Å². The highest BCUT2D eigenvalue weighted by molar-refractivity contribution is 4.83. The maximum absolute atomic E-state index is 10.4. The zero-order chi connectivity index (χ0) is 11.4. The molecule has 0 radical (unpaired) electrons. The Labute approximate surface area is 99.4 Å². The molecule has 0 aliphatic heterocycles. The number of methoxy groups -OCH3 is 1. The first kappa shape index (κ1) is 12.4. The van der Waals surface area contributed by atoms with Crippen LogP contribution in [0.15, 0.2) is 0 Å². The van der Waals surface area contributed by atoms with Crippen molar-refractivity contribution in [3.63, 3.8) is 0 Å². The van der Waals surface area contributed by atoms with Gasteiger partial charge in [0.15, 0.2) is 0 Å². The molecule has 0 heterocycles. The van der Waals surface area contributed by atoms with Gasteiger partial charge in [-0.15, -0.1) is 0 Å². The molecule has 2 nitrogen and oxygen atoms in total. The smallest absolute Gasteiger partial charge is 0.0596 e. The van der Waals surface area contributed by atoms with E-state index < -0.39 is 0 Å². The predicted molar refractivity (Wildman–Crippen MR) is 65.3 cm³/mol. The van der Waals surface area contributed by atoms with E-state index in [1.54, 1.807) is 0 Å². The van der Waals surface area contributed by atoms with Gasteiger partial charge in [-0.1, -0.05) is 19.3 Å². The zero-order valence-corrected chi connectivity index (χ0v) is 10.5. The van der Waals surface area contributed by atoms with Crippen molar-refractivity contribution in [3.05, 3.63) is 0 Å². The lowest BCUT2D eigenvalue weighted by Gasteiger charge is -2.36. The van der Waals surface area contributed by atoms with Crippen LogP contribution in [0, 0.1) is 11.8 Å². The van der Waals surface area contributed by atoms with E-state index in [0.29, 0.717) is 17.9 Å². The van der Waals surface area contributed by atoms with Crippen molar-refractivity contribution >= 4 is 0 Å². The topological polar surface area (TPSA) is 29.5 Å². The van der Waals surface area contributed by atoms with Gasteiger partial charge in [-0.05, 0) is 50.4 Å². The minimum atomic E-state index is -0.0295. The fourth-order valence-electron chi connectivity index (χ4n) is 3.53. The Hall–Kier alpha value is -0.0800. The van der Waals surface area contributed by atoms with E-state index in [9.17, 15) is 5.11 Å². The second kappa shape index (κ2) is 6.02. The number of aliphatic hydroxyl groups excluding tert-OH is 1. The SMILES string of the molecule is COC1CCC(C(O)C2CCCCC2)CC1. The fourth-order valence-corrected chi connectivity index (χ4v) is 3.53. The van der Waals surface area contributed by atoms with Crippen LogP contribution in [0.1, 0.15) is 57.8 Å². The Morgan fingerprint density at radius 3 is 2.00 bits per heavy atom. The second-order valence-corrected chi connectivity index (χ2v) is 5.66. The van der Waals surface area contributed by atoms with Gasteiger partial charge in [0.05, 0.1) is 12.2 Å². The van der Waals surface area contributed by atoms with Gasteiger partial charge in [-0.3, -0.25) is 0 Å². The highest BCUT2D eigenvalue weighted by Gasteiger charge is 2.31. The lowest BCUT2D eigenvalue weighted by molar-refractivity contribution is -0.0124. The molecule has 0 amide bonds. The molecular formula is C14H26O2. The Morgan fingerprint density at radius 2 is 1.44 bits per heavy atom. The summed E-state index contributed by atoms with van der Waals surface area (Å²) in [5.41, 5.74) is 0. The van der Waals surface area contributed by atoms with Gasteiger partial charge in [-0.25, -0.2) is 0 Å². The van der Waals surface area contributed by atoms with Crippen LogP contribution in [0.2, 0.25) is 0 Å². The predicted octanol–water partition coefficient (Wildman–Crippen LogP) is 3.13. The van der Waals surface area contributed by atoms with Crippen LogP contribution in [0.4, 0.5) is 0 Å². The Bertz CT molecular complexity index is 191. The molecule has 0 saturated heterocycles. The first-order valence-electron chi connectivity index (χ1n) is 7.02. The molecule has 1 atom stereocenters. The largest absolute Gasteiger partial charge is 0.393 e. The molecular weight excluding hydrogens is 200 g/mol. The summed E-state index contributed by atoms with van der Waals surface area (Å²) in [4.78, 5) is 0. The molecule has 0 aromatic carbocycles. The first-order valence-corrected chi connectivity index (χ1v) is 7.02. The minimum Gasteiger partial charge on any atom is -0.393 e. The van der Waals surface area contributed by atoms with Crippen molar-refractivity contribution in [1.29, 1.82) is 0 Å². The molecule has 0 aromatic heterocycles. The molecule has 2 fully saturated rings. The minimum absolute atomic E-state index is 0.0295. The summed E-state index contributed by atoms with van der Waals surface area (Å²) in [7, 11) is 1.81. The van der Waals surface area contributed by atoms with Crippen molar-refractivity contribution in [3.8, 4) is 0 Å². The van der Waals surface area contributed by atoms with Crippen molar-refractivity contribution in [2.24, 2.45) is 11.8 Å². The van der Waals surface area contributed by atoms with E-state index in [1.807, 2.05) is 7.11 Å². The zero-order valence-electron chi connectivity index (χ0n) is 10.5. The average Bonchev–Trinajstić information content (AvgIpc) is 2.39. The molecule has 16 heavy (non-hydrogen) atoms. The normalized spacial score (nSPS) is 34.9. The van der Waals surface area contributed by atoms with E-state index in [2.05, 4.69) is 0 Å². The van der Waals surface area contributed by atoms with Crippen LogP contribution < -0.4 is 0 Å². The summed E-state index contributed by atoms with van der Waals surface area (Å²) in [5, 5.41) is 10.4. The maximum Gasteiger partial charge on any atom is 0.0596 e. The molecule has 2 aliphatic carbocycles. The van der Waals surface area contributed by atoms with E-state index in [1.165, 1.54) is 32.1 Å². The maximum atomic E-state index is 10.4. The molecule has 1 unspecified atom stereocenters. The summed E-state index contributed by atoms with van der Waals surface area (Å²) < 4.78 is 5.38. The number of aliphatic hydroxyl groups is 1. The van der Waals surface area contributed by atoms with Crippen LogP contribution in [0.3, 0.4) is 0 Å². The van der Waals surface area contributed by atoms with Gasteiger partial charge >= 0.3 is 0 Å². The van der Waals surface area contributed by atoms with Gasteiger partial charge in [0.1, 0.15) is 0 Å². The highest BCUT2D eigenvalue weighted by Crippen LogP contribution is 2.36. The van der Waals surface area contributed by atoms with E-state index >= 15 is 0 Å². The van der Waals surface area contributed by atoms with Crippen LogP contribution >= 0.6 is 0 Å². The molecule has 0 bridgehead atoms. The van der Waals surface area contributed by atoms with Crippen molar-refractivity contribution in [2.75, 3.05) is 7.11 Å². The van der Waals surface area contributed by atoms with Gasteiger partial charge in [0, 0.05) is 7.11 Å². The summed E-state index contributed by atoms with van der Waals surface area (Å²) in [6, 6.07) is 0. The standard InChI is InChI=1S/C14H26O2/c1-16-13-9-7-12(8-10-13)14(15)11-5-3-2-4-6-11/h11-15H,2-10H2,1H3. The monoisotopic (exact) mass is 226 g/mol. The number of hydrogen-bond acceptors (Lipinski definition) is 2. The molecule has 2 heteroatoms. The van der Waals surface area contributed by atoms with Gasteiger partial charge in [-0.2, -0.15) is 0 Å². The lowest BCUT2D eigenvalue weighted by Crippen LogP contribution is -2.34. The third kappa shape index (κ3) is 2.98. The lowest BCUT2D eigenvalue weighted by atomic mass is 9.75. The molecule has 94 valence electrons. The summed E-state index contributed by atoms with van der Waals surface area (Å²) >= 11 is 0. The molecule has 2 saturated carbocycles. The van der Waals surface area contributed by atoms with Crippen LogP contribution in [-0.4, -0.2) is 24.4 Å². The van der Waals surface area contributed by atoms with Gasteiger partial charge in [0.25, 0.3) is 0 Å². The van der Waals surface area contributed by atoms with Gasteiger partial charge in [0.2, 0.25) is 0 Å². The Morgan fingerprint density at radius 1 is 0.875 bits per heavy atom. The second-order valence-electron chi connectivity index (χ2n) is 5.66. The van der Waals surface area contributed by atoms with Crippen LogP contribution in [0.5, 0.6) is 0 Å². The number of hydrogen-bond donors (Lipinski definition) is 1. The molecule has 2 rings (SSSR count). The highest BCUT2D eigenvalue weighted by atomic mass is 16.5. The Kier molecular flexibility index (Phi) is 4.66. The number of ether oxygens (including phenoxy) is 1. The molecule has 0 aromatic rings. The van der Waals surface area contributed by atoms with Gasteiger partial charge < -0.3 is 9.84 Å². The van der Waals surface area contributed by atoms with Crippen molar-refractivity contribution in [1.82, 2.24) is 0 Å². The molecule has 1 N–H and O–H groups in total. The number of rotatable bonds is 3. The van der Waals surface area contributed by atoms with E-state index in [-0.39, 0.29) is 6.10 Å². The molecule has 0 spiro atoms. The summed E-state index contributed by atoms with van der Waals surface area (Å²) in [6.45, 7) is 0. The van der Waals surface area contributed by atoms with Crippen LogP contribution in [-0.2, 0) is 4.74 Å². The Balaban J connectivity index is 1.78. The molecule has 2 aliphatic rings. The fraction of sp³-hybridized carbons (Fsp3) is 1.00. The third-order valence-corrected chi connectivity index (χ3v) is 4.67. The average molecular weight is 226 g/mol.